The van der Waals surface area contributed by atoms with Crippen molar-refractivity contribution in [1.29, 1.82) is 0 Å². The highest BCUT2D eigenvalue weighted by molar-refractivity contribution is 7.03. The van der Waals surface area contributed by atoms with Crippen molar-refractivity contribution >= 4 is 17.9 Å². The Morgan fingerprint density at radius 1 is 1.69 bits per heavy atom. The van der Waals surface area contributed by atoms with Crippen LogP contribution in [0.15, 0.2) is 11.4 Å². The first-order valence-corrected chi connectivity index (χ1v) is 5.19. The number of carbonyl (C=O) groups is 1. The van der Waals surface area contributed by atoms with E-state index in [9.17, 15) is 4.79 Å². The molecule has 0 aromatic carbocycles. The average Bonchev–Trinajstić information content (AvgIpc) is 2.58. The summed E-state index contributed by atoms with van der Waals surface area (Å²) in [6, 6.07) is 1.99. The smallest absolute Gasteiger partial charge is 0.207 e. The van der Waals surface area contributed by atoms with Crippen LogP contribution in [0.2, 0.25) is 0 Å². The molecule has 0 radical (unpaired) electrons. The van der Waals surface area contributed by atoms with Crippen molar-refractivity contribution in [3.63, 3.8) is 0 Å². The molecule has 3 nitrogen and oxygen atoms in total. The van der Waals surface area contributed by atoms with E-state index in [1.54, 1.807) is 0 Å². The van der Waals surface area contributed by atoms with Gasteiger partial charge in [-0.2, -0.15) is 4.37 Å². The second kappa shape index (κ2) is 9.19. The number of hydrogen-bond acceptors (Lipinski definition) is 3. The van der Waals surface area contributed by atoms with E-state index in [1.165, 1.54) is 11.5 Å². The third-order valence-electron chi connectivity index (χ3n) is 1.32. The lowest BCUT2D eigenvalue weighted by molar-refractivity contribution is -0.109. The van der Waals surface area contributed by atoms with Crippen molar-refractivity contribution in [2.24, 2.45) is 0 Å². The number of hydrogen-bond donors (Lipinski definition) is 1. The Kier molecular flexibility index (Phi) is 8.55. The van der Waals surface area contributed by atoms with E-state index in [0.29, 0.717) is 0 Å². The maximum atomic E-state index is 9.57. The van der Waals surface area contributed by atoms with E-state index in [-0.39, 0.29) is 0 Å². The summed E-state index contributed by atoms with van der Waals surface area (Å²) in [4.78, 5) is 9.57. The minimum absolute atomic E-state index is 0.732. The lowest BCUT2D eigenvalue weighted by Crippen LogP contribution is -2.11. The van der Waals surface area contributed by atoms with E-state index in [2.05, 4.69) is 16.6 Å². The molecule has 0 saturated heterocycles. The average molecular weight is 200 g/mol. The first kappa shape index (κ1) is 12.1. The molecule has 1 amide bonds. The van der Waals surface area contributed by atoms with Crippen molar-refractivity contribution < 1.29 is 4.79 Å². The van der Waals surface area contributed by atoms with E-state index >= 15 is 0 Å². The van der Waals surface area contributed by atoms with Crippen LogP contribution in [0.4, 0.5) is 0 Å². The summed E-state index contributed by atoms with van der Waals surface area (Å²) in [6.07, 6.45) is 2.95. The number of aromatic nitrogens is 1. The fourth-order valence-electron chi connectivity index (χ4n) is 0.611. The fraction of sp³-hybridized carbons (Fsp3) is 0.556. The second-order valence-corrected chi connectivity index (χ2v) is 3.23. The number of carbonyl (C=O) groups excluding carboxylic acids is 1. The molecule has 0 aliphatic heterocycles. The SMILES string of the molecule is CCCCNC=O.Cc1ccsn1. The van der Waals surface area contributed by atoms with Gasteiger partial charge in [0.25, 0.3) is 0 Å². The van der Waals surface area contributed by atoms with Crippen molar-refractivity contribution in [3.05, 3.63) is 17.1 Å². The maximum absolute atomic E-state index is 9.57. The first-order chi connectivity index (χ1) is 6.31. The Hall–Kier alpha value is -0.900. The van der Waals surface area contributed by atoms with Crippen molar-refractivity contribution in [2.75, 3.05) is 6.54 Å². The highest BCUT2D eigenvalue weighted by Crippen LogP contribution is 1.94. The van der Waals surface area contributed by atoms with Gasteiger partial charge in [-0.1, -0.05) is 13.3 Å². The molecule has 1 N–H and O–H groups in total. The Balaban J connectivity index is 0.000000223. The maximum Gasteiger partial charge on any atom is 0.207 e. The van der Waals surface area contributed by atoms with Gasteiger partial charge in [0.15, 0.2) is 0 Å². The van der Waals surface area contributed by atoms with E-state index in [0.717, 1.165) is 31.5 Å². The third-order valence-corrected chi connectivity index (χ3v) is 1.98. The zero-order valence-corrected chi connectivity index (χ0v) is 8.93. The highest BCUT2D eigenvalue weighted by atomic mass is 32.1. The van der Waals surface area contributed by atoms with Crippen LogP contribution < -0.4 is 5.32 Å². The highest BCUT2D eigenvalue weighted by Gasteiger charge is 1.77. The summed E-state index contributed by atoms with van der Waals surface area (Å²) >= 11 is 1.49. The van der Waals surface area contributed by atoms with Gasteiger partial charge < -0.3 is 5.32 Å². The molecular weight excluding hydrogens is 184 g/mol. The van der Waals surface area contributed by atoms with E-state index in [4.69, 9.17) is 0 Å². The molecule has 13 heavy (non-hydrogen) atoms. The largest absolute Gasteiger partial charge is 0.359 e. The van der Waals surface area contributed by atoms with Gasteiger partial charge in [-0.3, -0.25) is 4.79 Å². The first-order valence-electron chi connectivity index (χ1n) is 4.35. The number of nitrogens with zero attached hydrogens (tertiary/aromatic N) is 1. The second-order valence-electron chi connectivity index (χ2n) is 2.57. The number of unbranched alkanes of at least 4 members (excludes halogenated alkanes) is 1. The normalized spacial score (nSPS) is 8.46. The van der Waals surface area contributed by atoms with Gasteiger partial charge in [-0.25, -0.2) is 0 Å². The third kappa shape index (κ3) is 9.01. The Morgan fingerprint density at radius 3 is 2.77 bits per heavy atom. The summed E-state index contributed by atoms with van der Waals surface area (Å²) in [6.45, 7) is 4.89. The molecule has 0 fully saturated rings. The monoisotopic (exact) mass is 200 g/mol. The molecule has 0 atom stereocenters. The predicted octanol–water partition coefficient (Wildman–Crippen LogP) is 1.98. The fourth-order valence-corrected chi connectivity index (χ4v) is 1.16. The molecule has 1 aromatic rings. The summed E-state index contributed by atoms with van der Waals surface area (Å²) in [5.41, 5.74) is 1.11. The Bertz CT molecular complexity index is 199. The quantitative estimate of drug-likeness (QED) is 0.596. The van der Waals surface area contributed by atoms with Crippen LogP contribution in [-0.2, 0) is 4.79 Å². The van der Waals surface area contributed by atoms with Crippen LogP contribution >= 0.6 is 11.5 Å². The minimum Gasteiger partial charge on any atom is -0.359 e. The number of nitrogens with one attached hydrogen (secondary N) is 1. The van der Waals surface area contributed by atoms with Crippen molar-refractivity contribution in [2.45, 2.75) is 26.7 Å². The molecule has 74 valence electrons. The van der Waals surface area contributed by atoms with Crippen LogP contribution in [0.1, 0.15) is 25.5 Å². The van der Waals surface area contributed by atoms with Gasteiger partial charge in [0.05, 0.1) is 5.69 Å². The zero-order chi connectivity index (χ0) is 9.94. The number of aryl methyl sites for hydroxylation is 1. The molecule has 4 heteroatoms. The molecule has 0 unspecified atom stereocenters. The van der Waals surface area contributed by atoms with Gasteiger partial charge in [0.1, 0.15) is 0 Å². The van der Waals surface area contributed by atoms with Gasteiger partial charge in [0.2, 0.25) is 6.41 Å². The Morgan fingerprint density at radius 2 is 2.46 bits per heavy atom. The van der Waals surface area contributed by atoms with Crippen molar-refractivity contribution in [3.8, 4) is 0 Å². The molecular formula is C9H16N2OS. The summed E-state index contributed by atoms with van der Waals surface area (Å²) in [5.74, 6) is 0. The van der Waals surface area contributed by atoms with Crippen LogP contribution in [0, 0.1) is 6.92 Å². The van der Waals surface area contributed by atoms with E-state index in [1.807, 2.05) is 18.4 Å². The molecule has 0 saturated carbocycles. The minimum atomic E-state index is 0.732. The summed E-state index contributed by atoms with van der Waals surface area (Å²) in [7, 11) is 0. The molecule has 1 heterocycles. The van der Waals surface area contributed by atoms with Crippen LogP contribution in [0.3, 0.4) is 0 Å². The number of amides is 1. The van der Waals surface area contributed by atoms with Gasteiger partial charge in [-0.05, 0) is 30.9 Å². The van der Waals surface area contributed by atoms with Gasteiger partial charge in [-0.15, -0.1) is 0 Å². The topological polar surface area (TPSA) is 42.0 Å². The predicted molar refractivity (Wildman–Crippen MR) is 55.8 cm³/mol. The lowest BCUT2D eigenvalue weighted by atomic mass is 10.3. The molecule has 1 aromatic heterocycles. The molecule has 1 rings (SSSR count). The molecule has 0 bridgehead atoms. The van der Waals surface area contributed by atoms with Crippen LogP contribution in [0.25, 0.3) is 0 Å². The summed E-state index contributed by atoms with van der Waals surface area (Å²) < 4.78 is 3.96. The molecule has 0 aliphatic rings. The van der Waals surface area contributed by atoms with Crippen molar-refractivity contribution in [1.82, 2.24) is 9.69 Å². The Labute approximate surface area is 83.3 Å². The van der Waals surface area contributed by atoms with Crippen LogP contribution in [0.5, 0.6) is 0 Å². The van der Waals surface area contributed by atoms with Gasteiger partial charge in [0, 0.05) is 11.9 Å². The molecule has 0 aliphatic carbocycles. The standard InChI is InChI=1S/C5H11NO.C4H5NS/c1-2-3-4-6-5-7;1-4-2-3-6-5-4/h5H,2-4H2,1H3,(H,6,7);2-3H,1H3. The van der Waals surface area contributed by atoms with E-state index < -0.39 is 0 Å². The molecule has 0 spiro atoms. The van der Waals surface area contributed by atoms with Gasteiger partial charge >= 0.3 is 0 Å². The lowest BCUT2D eigenvalue weighted by Gasteiger charge is -1.90. The zero-order valence-electron chi connectivity index (χ0n) is 8.12. The summed E-state index contributed by atoms with van der Waals surface area (Å²) in [5, 5.41) is 4.54. The van der Waals surface area contributed by atoms with Crippen LogP contribution in [-0.4, -0.2) is 17.3 Å². The number of rotatable bonds is 4.